The van der Waals surface area contributed by atoms with Gasteiger partial charge >= 0.3 is 0 Å². The van der Waals surface area contributed by atoms with Crippen molar-refractivity contribution < 1.29 is 9.87 Å². The molecule has 0 aliphatic carbocycles. The Balaban J connectivity index is 0.000000605. The Morgan fingerprint density at radius 2 is 2.45 bits per heavy atom. The van der Waals surface area contributed by atoms with Crippen LogP contribution in [0.2, 0.25) is 0 Å². The second-order valence-corrected chi connectivity index (χ2v) is 2.63. The first-order valence-electron chi connectivity index (χ1n) is 3.50. The Hall–Kier alpha value is -0.900. The van der Waals surface area contributed by atoms with Gasteiger partial charge in [0, 0.05) is 18.8 Å². The van der Waals surface area contributed by atoms with Crippen molar-refractivity contribution in [1.29, 1.82) is 0 Å². The number of fused-ring (bicyclic) bond motifs is 1. The summed E-state index contributed by atoms with van der Waals surface area (Å²) in [4.78, 5) is 4.09. The average molecular weight is 158 g/mol. The quantitative estimate of drug-likeness (QED) is 0.537. The maximum absolute atomic E-state index is 12.7. The summed E-state index contributed by atoms with van der Waals surface area (Å²) in [5.74, 6) is 1.02. The highest BCUT2D eigenvalue weighted by Crippen LogP contribution is 2.14. The van der Waals surface area contributed by atoms with E-state index in [0.717, 1.165) is 12.2 Å². The Bertz CT molecular complexity index is 236. The van der Waals surface area contributed by atoms with Crippen LogP contribution < -0.4 is 0 Å². The smallest absolute Gasteiger partial charge is 0.118 e. The molecule has 1 aliphatic rings. The molecule has 0 bridgehead atoms. The number of aromatic nitrogens is 2. The van der Waals surface area contributed by atoms with Gasteiger partial charge in [0.05, 0.1) is 6.54 Å². The number of alkyl halides is 1. The molecule has 62 valence electrons. The summed E-state index contributed by atoms with van der Waals surface area (Å²) in [5, 5.41) is 0. The van der Waals surface area contributed by atoms with Crippen LogP contribution in [0.3, 0.4) is 0 Å². The second kappa shape index (κ2) is 3.00. The molecule has 1 aromatic rings. The first kappa shape index (κ1) is 8.20. The molecule has 11 heavy (non-hydrogen) atoms. The fourth-order valence-electron chi connectivity index (χ4n) is 1.32. The minimum atomic E-state index is -0.665. The molecule has 0 spiro atoms. The fourth-order valence-corrected chi connectivity index (χ4v) is 1.32. The first-order chi connectivity index (χ1) is 4.86. The molecule has 1 atom stereocenters. The average Bonchev–Trinajstić information content (AvgIpc) is 2.33. The van der Waals surface area contributed by atoms with Gasteiger partial charge in [0.2, 0.25) is 0 Å². The van der Waals surface area contributed by atoms with E-state index in [-0.39, 0.29) is 5.48 Å². The second-order valence-electron chi connectivity index (χ2n) is 2.63. The molecule has 2 heterocycles. The van der Waals surface area contributed by atoms with Crippen LogP contribution in [0.4, 0.5) is 4.39 Å². The molecule has 2 rings (SSSR count). The Kier molecular flexibility index (Phi) is 2.24. The van der Waals surface area contributed by atoms with E-state index in [1.165, 1.54) is 0 Å². The third kappa shape index (κ3) is 1.40. The first-order valence-corrected chi connectivity index (χ1v) is 3.50. The van der Waals surface area contributed by atoms with Crippen LogP contribution in [0, 0.1) is 0 Å². The molecule has 0 aromatic carbocycles. The maximum atomic E-state index is 12.7. The van der Waals surface area contributed by atoms with E-state index in [9.17, 15) is 4.39 Å². The van der Waals surface area contributed by atoms with Crippen molar-refractivity contribution in [2.24, 2.45) is 0 Å². The third-order valence-corrected chi connectivity index (χ3v) is 1.88. The van der Waals surface area contributed by atoms with Crippen LogP contribution in [-0.4, -0.2) is 21.2 Å². The van der Waals surface area contributed by atoms with Gasteiger partial charge in [-0.25, -0.2) is 9.37 Å². The summed E-state index contributed by atoms with van der Waals surface area (Å²) < 4.78 is 14.6. The minimum absolute atomic E-state index is 0. The minimum Gasteiger partial charge on any atom is -0.412 e. The predicted octanol–water partition coefficient (Wildman–Crippen LogP) is 0.343. The summed E-state index contributed by atoms with van der Waals surface area (Å²) in [6.07, 6.45) is 4.32. The zero-order chi connectivity index (χ0) is 6.97. The summed E-state index contributed by atoms with van der Waals surface area (Å²) in [6.45, 7) is 0.495. The van der Waals surface area contributed by atoms with Gasteiger partial charge in [0.15, 0.2) is 0 Å². The topological polar surface area (TPSA) is 49.3 Å². The molecule has 4 heteroatoms. The molecule has 2 N–H and O–H groups in total. The largest absolute Gasteiger partial charge is 0.412 e. The Morgan fingerprint density at radius 1 is 1.64 bits per heavy atom. The van der Waals surface area contributed by atoms with Crippen molar-refractivity contribution in [1.82, 2.24) is 9.55 Å². The van der Waals surface area contributed by atoms with Crippen LogP contribution in [-0.2, 0) is 13.0 Å². The van der Waals surface area contributed by atoms with Crippen LogP contribution in [0.1, 0.15) is 12.2 Å². The van der Waals surface area contributed by atoms with E-state index in [4.69, 9.17) is 0 Å². The lowest BCUT2D eigenvalue weighted by Crippen LogP contribution is -2.20. The van der Waals surface area contributed by atoms with Crippen molar-refractivity contribution in [3.8, 4) is 0 Å². The van der Waals surface area contributed by atoms with Crippen molar-refractivity contribution >= 4 is 0 Å². The zero-order valence-electron chi connectivity index (χ0n) is 6.13. The lowest BCUT2D eigenvalue weighted by atomic mass is 10.1. The van der Waals surface area contributed by atoms with E-state index in [0.29, 0.717) is 13.0 Å². The number of hydrogen-bond donors (Lipinski definition) is 0. The SMILES string of the molecule is F[C@H]1CCc2nccn2C1.O. The van der Waals surface area contributed by atoms with E-state index >= 15 is 0 Å². The van der Waals surface area contributed by atoms with Gasteiger partial charge in [-0.1, -0.05) is 0 Å². The molecule has 0 saturated carbocycles. The molecule has 0 saturated heterocycles. The lowest BCUT2D eigenvalue weighted by molar-refractivity contribution is 0.253. The lowest BCUT2D eigenvalue weighted by Gasteiger charge is -2.16. The van der Waals surface area contributed by atoms with Crippen LogP contribution in [0.15, 0.2) is 12.4 Å². The van der Waals surface area contributed by atoms with E-state index in [2.05, 4.69) is 4.98 Å². The van der Waals surface area contributed by atoms with Gasteiger partial charge in [-0.3, -0.25) is 0 Å². The third-order valence-electron chi connectivity index (χ3n) is 1.88. The number of imidazole rings is 1. The van der Waals surface area contributed by atoms with Crippen molar-refractivity contribution in [2.45, 2.75) is 25.6 Å². The van der Waals surface area contributed by atoms with Gasteiger partial charge in [-0.2, -0.15) is 0 Å². The highest BCUT2D eigenvalue weighted by molar-refractivity contribution is 4.96. The fraction of sp³-hybridized carbons (Fsp3) is 0.571. The summed E-state index contributed by atoms with van der Waals surface area (Å²) in [7, 11) is 0. The van der Waals surface area contributed by atoms with Gasteiger partial charge in [0.1, 0.15) is 12.0 Å². The standard InChI is InChI=1S/C7H9FN2.H2O/c8-6-1-2-7-9-3-4-10(7)5-6;/h3-4,6H,1-2,5H2;1H2/t6-;/m0./s1. The highest BCUT2D eigenvalue weighted by Gasteiger charge is 2.16. The molecule has 1 aromatic heterocycles. The van der Waals surface area contributed by atoms with Crippen LogP contribution in [0.25, 0.3) is 0 Å². The molecule has 3 nitrogen and oxygen atoms in total. The molecule has 0 fully saturated rings. The molecule has 0 amide bonds. The number of aryl methyl sites for hydroxylation is 1. The zero-order valence-corrected chi connectivity index (χ0v) is 6.13. The van der Waals surface area contributed by atoms with E-state index in [1.807, 2.05) is 10.8 Å². The molecule has 0 radical (unpaired) electrons. The van der Waals surface area contributed by atoms with Crippen molar-refractivity contribution in [2.75, 3.05) is 0 Å². The maximum Gasteiger partial charge on any atom is 0.118 e. The van der Waals surface area contributed by atoms with Gasteiger partial charge in [-0.05, 0) is 6.42 Å². The molecular formula is C7H11FN2O. The number of nitrogens with zero attached hydrogens (tertiary/aromatic N) is 2. The normalized spacial score (nSPS) is 22.1. The van der Waals surface area contributed by atoms with Gasteiger partial charge < -0.3 is 10.0 Å². The predicted molar refractivity (Wildman–Crippen MR) is 39.1 cm³/mol. The molecular weight excluding hydrogens is 147 g/mol. The Morgan fingerprint density at radius 3 is 3.27 bits per heavy atom. The van der Waals surface area contributed by atoms with Gasteiger partial charge in [-0.15, -0.1) is 0 Å². The van der Waals surface area contributed by atoms with E-state index < -0.39 is 6.17 Å². The molecule has 0 unspecified atom stereocenters. The number of hydrogen-bond acceptors (Lipinski definition) is 1. The monoisotopic (exact) mass is 158 g/mol. The van der Waals surface area contributed by atoms with Crippen molar-refractivity contribution in [3.05, 3.63) is 18.2 Å². The highest BCUT2D eigenvalue weighted by atomic mass is 19.1. The van der Waals surface area contributed by atoms with Gasteiger partial charge in [0.25, 0.3) is 0 Å². The number of rotatable bonds is 0. The Labute approximate surface area is 64.2 Å². The summed E-state index contributed by atoms with van der Waals surface area (Å²) >= 11 is 0. The summed E-state index contributed by atoms with van der Waals surface area (Å²) in [5.41, 5.74) is 0. The van der Waals surface area contributed by atoms with Crippen LogP contribution >= 0.6 is 0 Å². The van der Waals surface area contributed by atoms with Crippen molar-refractivity contribution in [3.63, 3.8) is 0 Å². The van der Waals surface area contributed by atoms with E-state index in [1.54, 1.807) is 6.20 Å². The molecule has 1 aliphatic heterocycles. The van der Waals surface area contributed by atoms with Crippen LogP contribution in [0.5, 0.6) is 0 Å². The summed E-state index contributed by atoms with van der Waals surface area (Å²) in [6, 6.07) is 0. The number of halogens is 1.